The largest absolute Gasteiger partial charge is 0.303 e. The molecule has 0 saturated carbocycles. The maximum absolute atomic E-state index is 6.16. The number of hydrogen-bond acceptors (Lipinski definition) is 2. The van der Waals surface area contributed by atoms with E-state index in [-0.39, 0.29) is 0 Å². The molecule has 0 aromatic heterocycles. The Morgan fingerprint density at radius 3 is 2.80 bits per heavy atom. The zero-order valence-corrected chi connectivity index (χ0v) is 13.0. The van der Waals surface area contributed by atoms with Crippen LogP contribution in [0, 0.1) is 0 Å². The van der Waals surface area contributed by atoms with Gasteiger partial charge in [0.15, 0.2) is 0 Å². The Bertz CT molecular complexity index is 585. The van der Waals surface area contributed by atoms with Crippen LogP contribution in [0.25, 0.3) is 0 Å². The quantitative estimate of drug-likeness (QED) is 0.833. The van der Waals surface area contributed by atoms with E-state index in [0.29, 0.717) is 12.1 Å². The van der Waals surface area contributed by atoms with Crippen LogP contribution in [0.5, 0.6) is 0 Å². The van der Waals surface area contributed by atoms with Crippen molar-refractivity contribution in [2.45, 2.75) is 30.3 Å². The predicted octanol–water partition coefficient (Wildman–Crippen LogP) is 5.23. The third-order valence-electron chi connectivity index (χ3n) is 3.76. The summed E-state index contributed by atoms with van der Waals surface area (Å²) in [5.74, 6) is 1.16. The number of benzene rings is 2. The van der Waals surface area contributed by atoms with Crippen LogP contribution in [0.2, 0.25) is 5.02 Å². The number of fused-ring (bicyclic) bond motifs is 1. The van der Waals surface area contributed by atoms with Gasteiger partial charge in [-0.2, -0.15) is 0 Å². The third-order valence-corrected chi connectivity index (χ3v) is 5.12. The molecule has 3 rings (SSSR count). The van der Waals surface area contributed by atoms with Gasteiger partial charge in [-0.05, 0) is 48.4 Å². The summed E-state index contributed by atoms with van der Waals surface area (Å²) in [7, 11) is 0. The Hall–Kier alpha value is -0.960. The van der Waals surface area contributed by atoms with Crippen LogP contribution >= 0.6 is 23.4 Å². The van der Waals surface area contributed by atoms with Crippen molar-refractivity contribution < 1.29 is 0 Å². The average molecular weight is 304 g/mol. The summed E-state index contributed by atoms with van der Waals surface area (Å²) < 4.78 is 0. The fourth-order valence-corrected chi connectivity index (χ4v) is 3.96. The zero-order valence-electron chi connectivity index (χ0n) is 11.5. The second kappa shape index (κ2) is 6.21. The molecule has 0 radical (unpaired) electrons. The summed E-state index contributed by atoms with van der Waals surface area (Å²) in [6, 6.07) is 17.6. The molecule has 0 aliphatic carbocycles. The van der Waals surface area contributed by atoms with Crippen molar-refractivity contribution in [3.05, 3.63) is 64.7 Å². The van der Waals surface area contributed by atoms with E-state index in [4.69, 9.17) is 11.6 Å². The molecule has 0 amide bonds. The molecule has 0 fully saturated rings. The Labute approximate surface area is 129 Å². The highest BCUT2D eigenvalue weighted by Crippen LogP contribution is 2.38. The number of rotatable bonds is 3. The molecule has 2 atom stereocenters. The first-order valence-corrected chi connectivity index (χ1v) is 8.33. The van der Waals surface area contributed by atoms with Gasteiger partial charge in [0.25, 0.3) is 0 Å². The van der Waals surface area contributed by atoms with E-state index in [1.807, 2.05) is 17.8 Å². The maximum Gasteiger partial charge on any atom is 0.0410 e. The minimum absolute atomic E-state index is 0.344. The Kier molecular flexibility index (Phi) is 4.35. The molecule has 104 valence electrons. The summed E-state index contributed by atoms with van der Waals surface area (Å²) in [6.07, 6.45) is 1.15. The Morgan fingerprint density at radius 1 is 1.20 bits per heavy atom. The molecule has 0 spiro atoms. The molecule has 2 aromatic carbocycles. The summed E-state index contributed by atoms with van der Waals surface area (Å²) in [5, 5.41) is 4.57. The molecule has 0 bridgehead atoms. The van der Waals surface area contributed by atoms with Gasteiger partial charge < -0.3 is 5.32 Å². The lowest BCUT2D eigenvalue weighted by atomic mass is 10.0. The van der Waals surface area contributed by atoms with Crippen molar-refractivity contribution in [2.75, 3.05) is 5.75 Å². The van der Waals surface area contributed by atoms with Gasteiger partial charge in [0.05, 0.1) is 0 Å². The van der Waals surface area contributed by atoms with Gasteiger partial charge >= 0.3 is 0 Å². The predicted molar refractivity (Wildman–Crippen MR) is 87.5 cm³/mol. The van der Waals surface area contributed by atoms with Crippen LogP contribution in [-0.2, 0) is 0 Å². The lowest BCUT2D eigenvalue weighted by molar-refractivity contribution is 0.450. The fraction of sp³-hybridized carbons (Fsp3) is 0.294. The first-order chi connectivity index (χ1) is 9.74. The van der Waals surface area contributed by atoms with Crippen LogP contribution in [0.4, 0.5) is 0 Å². The molecule has 1 aliphatic heterocycles. The van der Waals surface area contributed by atoms with E-state index < -0.39 is 0 Å². The molecular weight excluding hydrogens is 286 g/mol. The first-order valence-electron chi connectivity index (χ1n) is 6.97. The molecule has 1 aliphatic rings. The van der Waals surface area contributed by atoms with E-state index in [9.17, 15) is 0 Å². The maximum atomic E-state index is 6.16. The van der Waals surface area contributed by atoms with E-state index >= 15 is 0 Å². The minimum atomic E-state index is 0.344. The highest BCUT2D eigenvalue weighted by Gasteiger charge is 2.22. The minimum Gasteiger partial charge on any atom is -0.303 e. The van der Waals surface area contributed by atoms with E-state index in [0.717, 1.165) is 17.2 Å². The molecule has 1 nitrogen and oxygen atoms in total. The van der Waals surface area contributed by atoms with Gasteiger partial charge in [0.2, 0.25) is 0 Å². The number of hydrogen-bond donors (Lipinski definition) is 1. The average Bonchev–Trinajstić information content (AvgIpc) is 2.49. The van der Waals surface area contributed by atoms with E-state index in [1.54, 1.807) is 0 Å². The smallest absolute Gasteiger partial charge is 0.0410 e. The summed E-state index contributed by atoms with van der Waals surface area (Å²) >= 11 is 8.08. The number of halogens is 1. The third kappa shape index (κ3) is 3.03. The van der Waals surface area contributed by atoms with Gasteiger partial charge in [-0.15, -0.1) is 11.8 Å². The van der Waals surface area contributed by atoms with Crippen molar-refractivity contribution in [1.82, 2.24) is 5.32 Å². The van der Waals surface area contributed by atoms with Crippen LogP contribution in [0.1, 0.15) is 36.6 Å². The van der Waals surface area contributed by atoms with Crippen LogP contribution in [-0.4, -0.2) is 5.75 Å². The number of nitrogens with one attached hydrogen (secondary N) is 1. The van der Waals surface area contributed by atoms with Crippen molar-refractivity contribution in [1.29, 1.82) is 0 Å². The molecular formula is C17H18ClNS. The standard InChI is InChI=1S/C17H18ClNS/c1-12(13-5-3-2-4-6-13)19-16-9-10-20-17-8-7-14(18)11-15(16)17/h2-8,11-12,16,19H,9-10H2,1H3/t12-,16?/m1/s1. The molecule has 20 heavy (non-hydrogen) atoms. The monoisotopic (exact) mass is 303 g/mol. The fourth-order valence-electron chi connectivity index (χ4n) is 2.68. The normalized spacial score (nSPS) is 19.4. The number of thioether (sulfide) groups is 1. The van der Waals surface area contributed by atoms with Gasteiger partial charge in [0.1, 0.15) is 0 Å². The van der Waals surface area contributed by atoms with Gasteiger partial charge in [0, 0.05) is 22.0 Å². The topological polar surface area (TPSA) is 12.0 Å². The Balaban J connectivity index is 1.81. The van der Waals surface area contributed by atoms with Gasteiger partial charge in [-0.1, -0.05) is 41.9 Å². The molecule has 0 saturated heterocycles. The van der Waals surface area contributed by atoms with E-state index in [2.05, 4.69) is 54.7 Å². The van der Waals surface area contributed by atoms with Crippen LogP contribution in [0.15, 0.2) is 53.4 Å². The zero-order chi connectivity index (χ0) is 13.9. The highest BCUT2D eigenvalue weighted by molar-refractivity contribution is 7.99. The lowest BCUT2D eigenvalue weighted by Gasteiger charge is -2.29. The molecule has 1 unspecified atom stereocenters. The molecule has 2 aromatic rings. The Morgan fingerprint density at radius 2 is 2.00 bits per heavy atom. The van der Waals surface area contributed by atoms with Crippen molar-refractivity contribution in [3.63, 3.8) is 0 Å². The lowest BCUT2D eigenvalue weighted by Crippen LogP contribution is -2.27. The first kappa shape index (κ1) is 14.0. The van der Waals surface area contributed by atoms with Crippen molar-refractivity contribution in [2.24, 2.45) is 0 Å². The molecule has 1 heterocycles. The summed E-state index contributed by atoms with van der Waals surface area (Å²) in [5.41, 5.74) is 2.67. The SMILES string of the molecule is C[C@@H](NC1CCSc2ccc(Cl)cc21)c1ccccc1. The van der Waals surface area contributed by atoms with Crippen LogP contribution < -0.4 is 5.32 Å². The summed E-state index contributed by atoms with van der Waals surface area (Å²) in [6.45, 7) is 2.22. The second-order valence-electron chi connectivity index (χ2n) is 5.17. The van der Waals surface area contributed by atoms with Gasteiger partial charge in [-0.3, -0.25) is 0 Å². The van der Waals surface area contributed by atoms with Crippen molar-refractivity contribution >= 4 is 23.4 Å². The van der Waals surface area contributed by atoms with E-state index in [1.165, 1.54) is 16.0 Å². The molecule has 1 N–H and O–H groups in total. The van der Waals surface area contributed by atoms with Gasteiger partial charge in [-0.25, -0.2) is 0 Å². The second-order valence-corrected chi connectivity index (χ2v) is 6.74. The van der Waals surface area contributed by atoms with Crippen LogP contribution in [0.3, 0.4) is 0 Å². The van der Waals surface area contributed by atoms with Crippen molar-refractivity contribution in [3.8, 4) is 0 Å². The highest BCUT2D eigenvalue weighted by atomic mass is 35.5. The molecule has 3 heteroatoms. The summed E-state index contributed by atoms with van der Waals surface area (Å²) in [4.78, 5) is 1.36.